The quantitative estimate of drug-likeness (QED) is 0.581. The molecule has 2 aliphatic rings. The number of nitrogens with zero attached hydrogens (tertiary/aromatic N) is 4. The standard InChI is InChI=1S/C23H24N4O2S/c1-15-9-11-17(12-10-15)27-16(2)22(28)26(23(27)29)14-25-13-5-7-19(25)21-24-18-6-3-4-8-20(18)30-21/h3-4,6,8-12,16,19H,5,7,13-14H2,1-2H3/t16-,19+/m0/s1. The van der Waals surface area contributed by atoms with Crippen molar-refractivity contribution in [3.63, 3.8) is 0 Å². The summed E-state index contributed by atoms with van der Waals surface area (Å²) in [4.78, 5) is 36.2. The molecule has 7 heteroatoms. The van der Waals surface area contributed by atoms with Crippen LogP contribution < -0.4 is 4.90 Å². The molecule has 2 atom stereocenters. The number of rotatable bonds is 4. The topological polar surface area (TPSA) is 56.8 Å². The number of imide groups is 1. The summed E-state index contributed by atoms with van der Waals surface area (Å²) in [5.41, 5.74) is 2.90. The first-order valence-corrected chi connectivity index (χ1v) is 11.2. The molecule has 2 fully saturated rings. The van der Waals surface area contributed by atoms with E-state index in [0.717, 1.165) is 41.2 Å². The highest BCUT2D eigenvalue weighted by atomic mass is 32.1. The van der Waals surface area contributed by atoms with Crippen molar-refractivity contribution >= 4 is 39.2 Å². The van der Waals surface area contributed by atoms with Crippen molar-refractivity contribution in [2.45, 2.75) is 38.8 Å². The summed E-state index contributed by atoms with van der Waals surface area (Å²) >= 11 is 1.71. The van der Waals surface area contributed by atoms with Gasteiger partial charge < -0.3 is 0 Å². The van der Waals surface area contributed by atoms with E-state index in [9.17, 15) is 9.59 Å². The molecule has 30 heavy (non-hydrogen) atoms. The lowest BCUT2D eigenvalue weighted by atomic mass is 10.2. The largest absolute Gasteiger partial charge is 0.333 e. The number of hydrogen-bond donors (Lipinski definition) is 0. The Morgan fingerprint density at radius 3 is 2.63 bits per heavy atom. The van der Waals surface area contributed by atoms with Crippen molar-refractivity contribution in [1.29, 1.82) is 0 Å². The Balaban J connectivity index is 1.38. The number of anilines is 1. The van der Waals surface area contributed by atoms with Gasteiger partial charge in [-0.2, -0.15) is 0 Å². The number of carbonyl (C=O) groups is 2. The summed E-state index contributed by atoms with van der Waals surface area (Å²) < 4.78 is 1.17. The van der Waals surface area contributed by atoms with Gasteiger partial charge in [0.2, 0.25) is 0 Å². The number of hydrogen-bond acceptors (Lipinski definition) is 5. The highest BCUT2D eigenvalue weighted by Gasteiger charge is 2.45. The van der Waals surface area contributed by atoms with E-state index in [4.69, 9.17) is 4.98 Å². The fraction of sp³-hybridized carbons (Fsp3) is 0.348. The fourth-order valence-electron chi connectivity index (χ4n) is 4.38. The maximum atomic E-state index is 13.2. The van der Waals surface area contributed by atoms with E-state index in [1.807, 2.05) is 49.4 Å². The summed E-state index contributed by atoms with van der Waals surface area (Å²) in [5, 5.41) is 1.07. The Morgan fingerprint density at radius 1 is 1.10 bits per heavy atom. The summed E-state index contributed by atoms with van der Waals surface area (Å²) in [6, 6.07) is 15.3. The third kappa shape index (κ3) is 3.18. The van der Waals surface area contributed by atoms with Gasteiger partial charge in [-0.25, -0.2) is 14.7 Å². The molecule has 6 nitrogen and oxygen atoms in total. The number of likely N-dealkylation sites (tertiary alicyclic amines) is 1. The van der Waals surface area contributed by atoms with Gasteiger partial charge in [0, 0.05) is 12.2 Å². The van der Waals surface area contributed by atoms with Gasteiger partial charge in [0.1, 0.15) is 11.0 Å². The molecule has 0 radical (unpaired) electrons. The lowest BCUT2D eigenvalue weighted by molar-refractivity contribution is -0.128. The summed E-state index contributed by atoms with van der Waals surface area (Å²) in [7, 11) is 0. The van der Waals surface area contributed by atoms with E-state index < -0.39 is 6.04 Å². The fourth-order valence-corrected chi connectivity index (χ4v) is 5.52. The maximum absolute atomic E-state index is 13.2. The lowest BCUT2D eigenvalue weighted by Crippen LogP contribution is -2.42. The number of benzene rings is 2. The van der Waals surface area contributed by atoms with Crippen LogP contribution in [0.15, 0.2) is 48.5 Å². The van der Waals surface area contributed by atoms with Gasteiger partial charge in [-0.3, -0.25) is 14.6 Å². The third-order valence-electron chi connectivity index (χ3n) is 6.04. The SMILES string of the molecule is Cc1ccc(N2C(=O)N(CN3CCC[C@@H]3c3nc4ccccc4s3)C(=O)[C@@H]2C)cc1. The van der Waals surface area contributed by atoms with Gasteiger partial charge >= 0.3 is 6.03 Å². The molecule has 0 spiro atoms. The van der Waals surface area contributed by atoms with Gasteiger partial charge in [0.25, 0.3) is 5.91 Å². The van der Waals surface area contributed by atoms with Gasteiger partial charge in [-0.05, 0) is 51.0 Å². The molecule has 3 heterocycles. The zero-order chi connectivity index (χ0) is 20.8. The van der Waals surface area contributed by atoms with Crippen LogP contribution in [0.3, 0.4) is 0 Å². The number of para-hydroxylation sites is 1. The van der Waals surface area contributed by atoms with E-state index in [1.165, 1.54) is 9.60 Å². The minimum atomic E-state index is -0.497. The first kappa shape index (κ1) is 19.2. The van der Waals surface area contributed by atoms with Crippen molar-refractivity contribution < 1.29 is 9.59 Å². The third-order valence-corrected chi connectivity index (χ3v) is 7.18. The number of thiazole rings is 1. The van der Waals surface area contributed by atoms with Crippen LogP contribution in [0.1, 0.15) is 36.4 Å². The zero-order valence-electron chi connectivity index (χ0n) is 17.1. The average Bonchev–Trinajstić information content (AvgIpc) is 3.43. The molecule has 2 aromatic carbocycles. The number of aromatic nitrogens is 1. The number of amides is 3. The van der Waals surface area contributed by atoms with Crippen LogP contribution in [0.25, 0.3) is 10.2 Å². The summed E-state index contributed by atoms with van der Waals surface area (Å²) in [6.45, 7) is 4.97. The Labute approximate surface area is 179 Å². The predicted molar refractivity (Wildman–Crippen MR) is 119 cm³/mol. The van der Waals surface area contributed by atoms with Crippen molar-refractivity contribution in [2.75, 3.05) is 18.1 Å². The zero-order valence-corrected chi connectivity index (χ0v) is 17.9. The van der Waals surface area contributed by atoms with E-state index in [1.54, 1.807) is 23.2 Å². The molecule has 0 aliphatic carbocycles. The second-order valence-electron chi connectivity index (χ2n) is 8.06. The molecular formula is C23H24N4O2S. The first-order chi connectivity index (χ1) is 14.5. The molecule has 3 amide bonds. The molecule has 154 valence electrons. The molecule has 5 rings (SSSR count). The minimum Gasteiger partial charge on any atom is -0.282 e. The molecular weight excluding hydrogens is 396 g/mol. The molecule has 0 N–H and O–H groups in total. The second-order valence-corrected chi connectivity index (χ2v) is 9.12. The number of fused-ring (bicyclic) bond motifs is 1. The number of carbonyl (C=O) groups excluding carboxylic acids is 2. The Hall–Kier alpha value is -2.77. The second kappa shape index (κ2) is 7.49. The molecule has 0 saturated carbocycles. The van der Waals surface area contributed by atoms with E-state index in [0.29, 0.717) is 6.67 Å². The lowest BCUT2D eigenvalue weighted by Gasteiger charge is -2.27. The number of aryl methyl sites for hydroxylation is 1. The summed E-state index contributed by atoms with van der Waals surface area (Å²) in [5.74, 6) is -0.143. The highest BCUT2D eigenvalue weighted by Crippen LogP contribution is 2.37. The smallest absolute Gasteiger partial charge is 0.282 e. The van der Waals surface area contributed by atoms with Gasteiger partial charge in [-0.15, -0.1) is 11.3 Å². The normalized spacial score (nSPS) is 22.6. The van der Waals surface area contributed by atoms with Crippen molar-refractivity contribution in [1.82, 2.24) is 14.8 Å². The molecule has 2 aliphatic heterocycles. The Kier molecular flexibility index (Phi) is 4.79. The molecule has 0 unspecified atom stereocenters. The maximum Gasteiger partial charge on any atom is 0.333 e. The van der Waals surface area contributed by atoms with E-state index in [-0.39, 0.29) is 18.0 Å². The van der Waals surface area contributed by atoms with Crippen LogP contribution in [-0.4, -0.2) is 46.0 Å². The monoisotopic (exact) mass is 420 g/mol. The molecule has 1 aromatic heterocycles. The Morgan fingerprint density at radius 2 is 1.87 bits per heavy atom. The van der Waals surface area contributed by atoms with Crippen molar-refractivity contribution in [2.24, 2.45) is 0 Å². The van der Waals surface area contributed by atoms with E-state index >= 15 is 0 Å². The summed E-state index contributed by atoms with van der Waals surface area (Å²) in [6.07, 6.45) is 2.03. The molecule has 2 saturated heterocycles. The van der Waals surface area contributed by atoms with Gasteiger partial charge in [0.15, 0.2) is 0 Å². The first-order valence-electron chi connectivity index (χ1n) is 10.3. The predicted octanol–water partition coefficient (Wildman–Crippen LogP) is 4.56. The Bertz CT molecular complexity index is 1080. The van der Waals surface area contributed by atoms with Crippen LogP contribution in [0.2, 0.25) is 0 Å². The number of urea groups is 1. The molecule has 0 bridgehead atoms. The van der Waals surface area contributed by atoms with Gasteiger partial charge in [0.05, 0.1) is 22.9 Å². The molecule has 3 aromatic rings. The van der Waals surface area contributed by atoms with Crippen LogP contribution in [-0.2, 0) is 4.79 Å². The van der Waals surface area contributed by atoms with Crippen LogP contribution >= 0.6 is 11.3 Å². The minimum absolute atomic E-state index is 0.143. The van der Waals surface area contributed by atoms with Crippen LogP contribution in [0.5, 0.6) is 0 Å². The average molecular weight is 421 g/mol. The van der Waals surface area contributed by atoms with Gasteiger partial charge in [-0.1, -0.05) is 29.8 Å². The van der Waals surface area contributed by atoms with E-state index in [2.05, 4.69) is 11.0 Å². The van der Waals surface area contributed by atoms with Crippen LogP contribution in [0.4, 0.5) is 10.5 Å². The highest BCUT2D eigenvalue weighted by molar-refractivity contribution is 7.18. The van der Waals surface area contributed by atoms with Crippen molar-refractivity contribution in [3.8, 4) is 0 Å². The van der Waals surface area contributed by atoms with Crippen molar-refractivity contribution in [3.05, 3.63) is 59.1 Å². The van der Waals surface area contributed by atoms with Crippen LogP contribution in [0, 0.1) is 6.92 Å².